The first-order chi connectivity index (χ1) is 19.7. The number of hydrogen-bond donors (Lipinski definition) is 3. The Kier molecular flexibility index (Phi) is 8.97. The number of benzene rings is 1. The summed E-state index contributed by atoms with van der Waals surface area (Å²) in [6.45, 7) is 12.7. The van der Waals surface area contributed by atoms with Gasteiger partial charge in [-0.3, -0.25) is 0 Å². The van der Waals surface area contributed by atoms with Crippen molar-refractivity contribution in [3.8, 4) is 0 Å². The molecule has 1 aliphatic carbocycles. The van der Waals surface area contributed by atoms with Crippen molar-refractivity contribution in [2.75, 3.05) is 23.3 Å². The van der Waals surface area contributed by atoms with Crippen LogP contribution in [0.25, 0.3) is 11.2 Å². The highest BCUT2D eigenvalue weighted by atomic mass is 16.6. The van der Waals surface area contributed by atoms with E-state index in [1.165, 1.54) is 5.56 Å². The maximum absolute atomic E-state index is 12.3. The fourth-order valence-corrected chi connectivity index (χ4v) is 5.86. The van der Waals surface area contributed by atoms with Crippen LogP contribution in [0.5, 0.6) is 0 Å². The largest absolute Gasteiger partial charge is 0.444 e. The third-order valence-corrected chi connectivity index (χ3v) is 7.96. The average Bonchev–Trinajstić information content (AvgIpc) is 3.37. The van der Waals surface area contributed by atoms with Crippen LogP contribution in [0.1, 0.15) is 84.7 Å². The molecular weight excluding hydrogens is 516 g/mol. The molecule has 10 heteroatoms. The summed E-state index contributed by atoms with van der Waals surface area (Å²) >= 11 is 0. The maximum atomic E-state index is 12.3. The molecule has 0 atom stereocenters. The molecule has 1 saturated carbocycles. The van der Waals surface area contributed by atoms with Gasteiger partial charge in [0, 0.05) is 30.7 Å². The Balaban J connectivity index is 1.39. The predicted molar refractivity (Wildman–Crippen MR) is 163 cm³/mol. The standard InChI is InChI=1S/C31H46N8O2/c1-21(2)39-20-33-26-27(38(25-15-17-32-18-16-25)19-22-9-7-6-8-10-22)36-29(37-28(26)39)34-23-11-13-24(14-12-23)35-30(40)41-31(3,4)5/h6-10,20-21,23-25,32H,11-19H2,1-5H3,(H,35,40)(H,34,36,37)/t23-,24-. The number of carbonyl (C=O) groups is 1. The fourth-order valence-electron chi connectivity index (χ4n) is 5.86. The third kappa shape index (κ3) is 7.47. The lowest BCUT2D eigenvalue weighted by Gasteiger charge is -2.36. The Morgan fingerprint density at radius 1 is 1.05 bits per heavy atom. The van der Waals surface area contributed by atoms with Crippen molar-refractivity contribution in [3.05, 3.63) is 42.2 Å². The Morgan fingerprint density at radius 3 is 2.39 bits per heavy atom. The summed E-state index contributed by atoms with van der Waals surface area (Å²) in [5.41, 5.74) is 2.47. The minimum absolute atomic E-state index is 0.116. The van der Waals surface area contributed by atoms with E-state index in [9.17, 15) is 4.79 Å². The summed E-state index contributed by atoms with van der Waals surface area (Å²) in [4.78, 5) is 29.7. The van der Waals surface area contributed by atoms with Crippen molar-refractivity contribution in [1.29, 1.82) is 0 Å². The number of nitrogens with one attached hydrogen (secondary N) is 3. The molecular formula is C31H46N8O2. The van der Waals surface area contributed by atoms with E-state index in [0.717, 1.165) is 75.1 Å². The minimum atomic E-state index is -0.498. The van der Waals surface area contributed by atoms with E-state index < -0.39 is 5.60 Å². The van der Waals surface area contributed by atoms with Crippen LogP contribution in [0, 0.1) is 0 Å². The molecule has 0 radical (unpaired) electrons. The van der Waals surface area contributed by atoms with Gasteiger partial charge in [-0.25, -0.2) is 9.78 Å². The second kappa shape index (κ2) is 12.6. The van der Waals surface area contributed by atoms with E-state index >= 15 is 0 Å². The molecule has 41 heavy (non-hydrogen) atoms. The number of imidazole rings is 1. The van der Waals surface area contributed by atoms with Gasteiger partial charge in [0.15, 0.2) is 17.0 Å². The van der Waals surface area contributed by atoms with Gasteiger partial charge in [0.1, 0.15) is 5.60 Å². The normalized spacial score (nSPS) is 20.2. The predicted octanol–water partition coefficient (Wildman–Crippen LogP) is 5.41. The lowest BCUT2D eigenvalue weighted by atomic mass is 9.91. The molecule has 3 N–H and O–H groups in total. The van der Waals surface area contributed by atoms with E-state index in [4.69, 9.17) is 19.7 Å². The Hall–Kier alpha value is -3.40. The zero-order valence-electron chi connectivity index (χ0n) is 25.2. The molecule has 0 unspecified atom stereocenters. The molecule has 1 aliphatic heterocycles. The van der Waals surface area contributed by atoms with Crippen LogP contribution in [0.3, 0.4) is 0 Å². The number of aromatic nitrogens is 4. The van der Waals surface area contributed by atoms with Crippen LogP contribution >= 0.6 is 0 Å². The minimum Gasteiger partial charge on any atom is -0.444 e. The molecule has 1 aromatic carbocycles. The van der Waals surface area contributed by atoms with Gasteiger partial charge in [0.25, 0.3) is 0 Å². The molecule has 222 valence electrons. The lowest BCUT2D eigenvalue weighted by Crippen LogP contribution is -2.43. The van der Waals surface area contributed by atoms with Gasteiger partial charge in [-0.15, -0.1) is 0 Å². The van der Waals surface area contributed by atoms with Gasteiger partial charge in [0.2, 0.25) is 5.95 Å². The van der Waals surface area contributed by atoms with Crippen LogP contribution < -0.4 is 20.9 Å². The number of hydrogen-bond acceptors (Lipinski definition) is 8. The molecule has 5 rings (SSSR count). The summed E-state index contributed by atoms with van der Waals surface area (Å²) in [5, 5.41) is 10.2. The highest BCUT2D eigenvalue weighted by molar-refractivity contribution is 5.85. The zero-order valence-corrected chi connectivity index (χ0v) is 25.2. The number of piperidine rings is 1. The Labute approximate surface area is 243 Å². The number of anilines is 2. The molecule has 2 aliphatic rings. The van der Waals surface area contributed by atoms with Gasteiger partial charge in [0.05, 0.1) is 6.33 Å². The maximum Gasteiger partial charge on any atom is 0.407 e. The molecule has 2 fully saturated rings. The Morgan fingerprint density at radius 2 is 1.73 bits per heavy atom. The molecule has 0 bridgehead atoms. The van der Waals surface area contributed by atoms with E-state index in [1.807, 2.05) is 27.1 Å². The molecule has 1 saturated heterocycles. The SMILES string of the molecule is CC(C)n1cnc2c(N(Cc3ccccc3)C3CCNCC3)nc(N[C@H]3CC[C@H](NC(=O)OC(C)(C)C)CC3)nc21. The van der Waals surface area contributed by atoms with Crippen LogP contribution in [-0.2, 0) is 11.3 Å². The van der Waals surface area contributed by atoms with Crippen LogP contribution in [0.2, 0.25) is 0 Å². The molecule has 2 aromatic heterocycles. The van der Waals surface area contributed by atoms with Crippen molar-refractivity contribution in [2.24, 2.45) is 0 Å². The first-order valence-electron chi connectivity index (χ1n) is 15.2. The summed E-state index contributed by atoms with van der Waals surface area (Å²) < 4.78 is 7.59. The van der Waals surface area contributed by atoms with Crippen molar-refractivity contribution >= 4 is 29.0 Å². The second-order valence-corrected chi connectivity index (χ2v) is 12.7. The second-order valence-electron chi connectivity index (χ2n) is 12.7. The van der Waals surface area contributed by atoms with Crippen molar-refractivity contribution in [1.82, 2.24) is 30.2 Å². The Bertz CT molecular complexity index is 1290. The molecule has 3 heterocycles. The van der Waals surface area contributed by atoms with E-state index in [2.05, 4.69) is 69.6 Å². The van der Waals surface area contributed by atoms with Crippen molar-refractivity contribution < 1.29 is 9.53 Å². The number of alkyl carbamates (subject to hydrolysis) is 1. The van der Waals surface area contributed by atoms with Gasteiger partial charge in [-0.1, -0.05) is 30.3 Å². The average molecular weight is 563 g/mol. The van der Waals surface area contributed by atoms with Crippen molar-refractivity contribution in [3.63, 3.8) is 0 Å². The summed E-state index contributed by atoms with van der Waals surface area (Å²) in [6.07, 6.45) is 7.27. The quantitative estimate of drug-likeness (QED) is 0.334. The molecule has 1 amide bonds. The van der Waals surface area contributed by atoms with E-state index in [-0.39, 0.29) is 24.2 Å². The summed E-state index contributed by atoms with van der Waals surface area (Å²) in [5.74, 6) is 1.54. The van der Waals surface area contributed by atoms with E-state index in [0.29, 0.717) is 12.0 Å². The number of fused-ring (bicyclic) bond motifs is 1. The monoisotopic (exact) mass is 562 g/mol. The highest BCUT2D eigenvalue weighted by Crippen LogP contribution is 2.32. The number of rotatable bonds is 8. The highest BCUT2D eigenvalue weighted by Gasteiger charge is 2.29. The van der Waals surface area contributed by atoms with Crippen LogP contribution in [0.4, 0.5) is 16.6 Å². The van der Waals surface area contributed by atoms with Crippen molar-refractivity contribution in [2.45, 2.75) is 109 Å². The summed E-state index contributed by atoms with van der Waals surface area (Å²) in [6, 6.07) is 11.6. The van der Waals surface area contributed by atoms with Crippen LogP contribution in [-0.4, -0.2) is 62.4 Å². The molecule has 3 aromatic rings. The number of nitrogens with zero attached hydrogens (tertiary/aromatic N) is 5. The number of carbonyl (C=O) groups excluding carboxylic acids is 1. The van der Waals surface area contributed by atoms with Crippen LogP contribution in [0.15, 0.2) is 36.7 Å². The zero-order chi connectivity index (χ0) is 29.0. The topological polar surface area (TPSA) is 109 Å². The first-order valence-corrected chi connectivity index (χ1v) is 15.2. The van der Waals surface area contributed by atoms with Gasteiger partial charge >= 0.3 is 6.09 Å². The first kappa shape index (κ1) is 29.1. The lowest BCUT2D eigenvalue weighted by molar-refractivity contribution is 0.0492. The third-order valence-electron chi connectivity index (χ3n) is 7.96. The van der Waals surface area contributed by atoms with Gasteiger partial charge in [-0.05, 0) is 91.8 Å². The molecule has 10 nitrogen and oxygen atoms in total. The number of amides is 1. The summed E-state index contributed by atoms with van der Waals surface area (Å²) in [7, 11) is 0. The fraction of sp³-hybridized carbons (Fsp3) is 0.613. The number of ether oxygens (including phenoxy) is 1. The smallest absolute Gasteiger partial charge is 0.407 e. The van der Waals surface area contributed by atoms with Gasteiger partial charge in [-0.2, -0.15) is 9.97 Å². The van der Waals surface area contributed by atoms with Gasteiger partial charge < -0.3 is 30.2 Å². The molecule has 0 spiro atoms. The van der Waals surface area contributed by atoms with E-state index in [1.54, 1.807) is 0 Å².